The van der Waals surface area contributed by atoms with Crippen LogP contribution < -0.4 is 5.32 Å². The van der Waals surface area contributed by atoms with Crippen molar-refractivity contribution in [1.29, 1.82) is 0 Å². The van der Waals surface area contributed by atoms with Crippen molar-refractivity contribution in [3.63, 3.8) is 0 Å². The van der Waals surface area contributed by atoms with Crippen LogP contribution in [0.2, 0.25) is 0 Å². The molecule has 2 atom stereocenters. The normalized spacial score (nSPS) is 12.7. The second kappa shape index (κ2) is 61.4. The Balaban J connectivity index is 3.37. The molecule has 0 aliphatic carbocycles. The fourth-order valence-corrected chi connectivity index (χ4v) is 10.6. The molecule has 0 radical (unpaired) electrons. The van der Waals surface area contributed by atoms with Gasteiger partial charge in [-0.05, 0) is 38.5 Å². The van der Waals surface area contributed by atoms with Gasteiger partial charge in [-0.25, -0.2) is 0 Å². The molecule has 3 N–H and O–H groups in total. The topological polar surface area (TPSA) is 69.6 Å². The summed E-state index contributed by atoms with van der Waals surface area (Å²) in [5.41, 5.74) is 0. The quantitative estimate of drug-likeness (QED) is 0.0420. The maximum absolute atomic E-state index is 12.5. The highest BCUT2D eigenvalue weighted by Gasteiger charge is 2.20. The number of hydrogen-bond donors (Lipinski definition) is 3. The number of allylic oxidation sites excluding steroid dienone is 2. The van der Waals surface area contributed by atoms with E-state index in [1.54, 1.807) is 0 Å². The summed E-state index contributed by atoms with van der Waals surface area (Å²) in [7, 11) is 0. The van der Waals surface area contributed by atoms with Crippen molar-refractivity contribution in [2.24, 2.45) is 0 Å². The smallest absolute Gasteiger partial charge is 0.220 e. The van der Waals surface area contributed by atoms with Crippen LogP contribution in [0, 0.1) is 0 Å². The molecule has 0 saturated heterocycles. The van der Waals surface area contributed by atoms with Gasteiger partial charge in [0.05, 0.1) is 18.8 Å². The van der Waals surface area contributed by atoms with Crippen molar-refractivity contribution in [1.82, 2.24) is 5.32 Å². The Hall–Kier alpha value is -0.870. The summed E-state index contributed by atoms with van der Waals surface area (Å²) in [4.78, 5) is 12.5. The van der Waals surface area contributed by atoms with Crippen molar-refractivity contribution in [3.05, 3.63) is 12.2 Å². The average Bonchev–Trinajstić information content (AvgIpc) is 3.35. The van der Waals surface area contributed by atoms with E-state index >= 15 is 0 Å². The molecule has 0 fully saturated rings. The molecular formula is C65H129NO3. The summed E-state index contributed by atoms with van der Waals surface area (Å²) in [6.07, 6.45) is 81.1. The zero-order valence-electron chi connectivity index (χ0n) is 47.6. The minimum atomic E-state index is -0.657. The molecule has 0 bridgehead atoms. The second-order valence-electron chi connectivity index (χ2n) is 22.5. The van der Waals surface area contributed by atoms with E-state index in [0.717, 1.165) is 25.7 Å². The molecule has 0 aromatic carbocycles. The monoisotopic (exact) mass is 972 g/mol. The molecule has 1 amide bonds. The first kappa shape index (κ1) is 68.1. The maximum atomic E-state index is 12.5. The van der Waals surface area contributed by atoms with Gasteiger partial charge in [0.25, 0.3) is 0 Å². The lowest BCUT2D eigenvalue weighted by Crippen LogP contribution is -2.45. The summed E-state index contributed by atoms with van der Waals surface area (Å²) in [5.74, 6) is -0.0226. The van der Waals surface area contributed by atoms with E-state index in [1.807, 2.05) is 0 Å². The van der Waals surface area contributed by atoms with Crippen molar-refractivity contribution < 1.29 is 15.0 Å². The highest BCUT2D eigenvalue weighted by molar-refractivity contribution is 5.76. The lowest BCUT2D eigenvalue weighted by atomic mass is 10.0. The summed E-state index contributed by atoms with van der Waals surface area (Å²) in [6.45, 7) is 4.41. The number of unbranched alkanes of at least 4 members (excludes halogenated alkanes) is 52. The van der Waals surface area contributed by atoms with Crippen LogP contribution in [0.3, 0.4) is 0 Å². The van der Waals surface area contributed by atoms with Crippen LogP contribution in [0.5, 0.6) is 0 Å². The third-order valence-corrected chi connectivity index (χ3v) is 15.5. The highest BCUT2D eigenvalue weighted by atomic mass is 16.3. The molecule has 0 aliphatic heterocycles. The first-order valence-corrected chi connectivity index (χ1v) is 32.4. The van der Waals surface area contributed by atoms with Gasteiger partial charge in [-0.15, -0.1) is 0 Å². The SMILES string of the molecule is CCCCCCCCCCCCCCCCCC/C=C\CCCCCCCCCCCCCCCCCCCC(=O)NC(CO)C(O)CCCCCCCCCCCCCCCCCCCCCC. The summed E-state index contributed by atoms with van der Waals surface area (Å²) in [5, 5.41) is 23.4. The predicted molar refractivity (Wildman–Crippen MR) is 309 cm³/mol. The molecule has 0 rings (SSSR count). The zero-order chi connectivity index (χ0) is 49.9. The number of amides is 1. The Kier molecular flexibility index (Phi) is 60.7. The Morgan fingerprint density at radius 1 is 0.333 bits per heavy atom. The Morgan fingerprint density at radius 2 is 0.551 bits per heavy atom. The standard InChI is InChI=1S/C65H129NO3/c1-3-5-7-9-11-13-15-17-19-21-23-25-26-27-28-29-30-31-32-33-34-35-36-37-38-39-40-41-43-45-47-49-51-53-55-57-59-61-65(69)66-63(62-67)64(68)60-58-56-54-52-50-48-46-44-42-24-22-20-18-16-14-12-10-8-6-4-2/h31-32,63-64,67-68H,3-30,33-62H2,1-2H3,(H,66,69)/b32-31-. The lowest BCUT2D eigenvalue weighted by Gasteiger charge is -2.22. The minimum Gasteiger partial charge on any atom is -0.394 e. The molecule has 4 nitrogen and oxygen atoms in total. The first-order chi connectivity index (χ1) is 34.2. The predicted octanol–water partition coefficient (Wildman–Crippen LogP) is 21.7. The lowest BCUT2D eigenvalue weighted by molar-refractivity contribution is -0.123. The third kappa shape index (κ3) is 57.9. The van der Waals surface area contributed by atoms with Gasteiger partial charge < -0.3 is 15.5 Å². The van der Waals surface area contributed by atoms with E-state index in [4.69, 9.17) is 0 Å². The number of aliphatic hydroxyl groups excluding tert-OH is 2. The number of rotatable bonds is 61. The molecule has 0 saturated carbocycles. The Labute approximate surface area is 435 Å². The number of hydrogen-bond acceptors (Lipinski definition) is 3. The van der Waals surface area contributed by atoms with E-state index in [2.05, 4.69) is 31.3 Å². The van der Waals surface area contributed by atoms with Crippen LogP contribution in [0.15, 0.2) is 12.2 Å². The fourth-order valence-electron chi connectivity index (χ4n) is 10.6. The summed E-state index contributed by atoms with van der Waals surface area (Å²) in [6, 6.07) is -0.534. The molecule has 4 heteroatoms. The van der Waals surface area contributed by atoms with Crippen LogP contribution in [-0.2, 0) is 4.79 Å². The van der Waals surface area contributed by atoms with E-state index < -0.39 is 12.1 Å². The molecule has 0 aliphatic rings. The number of carbonyl (C=O) groups is 1. The Bertz CT molecular complexity index is 967. The largest absolute Gasteiger partial charge is 0.394 e. The number of aliphatic hydroxyl groups is 2. The third-order valence-electron chi connectivity index (χ3n) is 15.5. The summed E-state index contributed by atoms with van der Waals surface area (Å²) < 4.78 is 0. The van der Waals surface area contributed by atoms with Crippen LogP contribution >= 0.6 is 0 Å². The van der Waals surface area contributed by atoms with Gasteiger partial charge in [-0.3, -0.25) is 4.79 Å². The van der Waals surface area contributed by atoms with Crippen LogP contribution in [0.4, 0.5) is 0 Å². The average molecular weight is 973 g/mol. The van der Waals surface area contributed by atoms with Crippen molar-refractivity contribution in [3.8, 4) is 0 Å². The van der Waals surface area contributed by atoms with Crippen molar-refractivity contribution >= 4 is 5.91 Å². The number of carbonyl (C=O) groups excluding carboxylic acids is 1. The van der Waals surface area contributed by atoms with E-state index in [0.29, 0.717) is 12.8 Å². The minimum absolute atomic E-state index is 0.0226. The van der Waals surface area contributed by atoms with Gasteiger partial charge >= 0.3 is 0 Å². The van der Waals surface area contributed by atoms with Gasteiger partial charge in [-0.1, -0.05) is 347 Å². The van der Waals surface area contributed by atoms with Crippen LogP contribution in [0.25, 0.3) is 0 Å². The first-order valence-electron chi connectivity index (χ1n) is 32.4. The highest BCUT2D eigenvalue weighted by Crippen LogP contribution is 2.19. The van der Waals surface area contributed by atoms with Crippen LogP contribution in [-0.4, -0.2) is 34.9 Å². The van der Waals surface area contributed by atoms with Crippen LogP contribution in [0.1, 0.15) is 380 Å². The molecule has 0 heterocycles. The molecule has 2 unspecified atom stereocenters. The molecule has 412 valence electrons. The molecule has 69 heavy (non-hydrogen) atoms. The van der Waals surface area contributed by atoms with E-state index in [9.17, 15) is 15.0 Å². The fraction of sp³-hybridized carbons (Fsp3) is 0.954. The van der Waals surface area contributed by atoms with Gasteiger partial charge in [0.1, 0.15) is 0 Å². The van der Waals surface area contributed by atoms with Gasteiger partial charge in [0.15, 0.2) is 0 Å². The zero-order valence-corrected chi connectivity index (χ0v) is 47.6. The second-order valence-corrected chi connectivity index (χ2v) is 22.5. The molecular weight excluding hydrogens is 843 g/mol. The van der Waals surface area contributed by atoms with Crippen molar-refractivity contribution in [2.75, 3.05) is 6.61 Å². The molecule has 0 aromatic rings. The van der Waals surface area contributed by atoms with Gasteiger partial charge in [0.2, 0.25) is 5.91 Å². The molecule has 0 aromatic heterocycles. The van der Waals surface area contributed by atoms with Gasteiger partial charge in [-0.2, -0.15) is 0 Å². The van der Waals surface area contributed by atoms with Crippen molar-refractivity contribution in [2.45, 2.75) is 392 Å². The number of nitrogens with one attached hydrogen (secondary N) is 1. The van der Waals surface area contributed by atoms with Gasteiger partial charge in [0, 0.05) is 6.42 Å². The Morgan fingerprint density at radius 3 is 0.797 bits per heavy atom. The maximum Gasteiger partial charge on any atom is 0.220 e. The van der Waals surface area contributed by atoms with E-state index in [-0.39, 0.29) is 12.5 Å². The summed E-state index contributed by atoms with van der Waals surface area (Å²) >= 11 is 0. The molecule has 0 spiro atoms. The van der Waals surface area contributed by atoms with E-state index in [1.165, 1.54) is 327 Å².